The minimum absolute atomic E-state index is 0.0161. The standard InChI is InChI=1S/C43H53N9O7S/c1-25(29-12-14-30(15-13-29)38-26(2)45-24-60-38)46-41(56)35-20-31(58-27(3)53)22-52(35)42(57)39(43(5,6)7)47-37(55)23-50-16-18-51(19-17-50)34-21-33(48-49-40(34)44)32-10-8-9-11-36(32)59-28(4)54/h8-15,21,24-25,31,35,39H,16-20,22-23H2,1-7H3,(H2,44,49)(H,46,56)(H,47,55)/t25-,31+,35-,39?/m0/s1. The molecule has 2 fully saturated rings. The van der Waals surface area contributed by atoms with Gasteiger partial charge >= 0.3 is 11.9 Å². The van der Waals surface area contributed by atoms with Gasteiger partial charge in [-0.1, -0.05) is 57.2 Å². The van der Waals surface area contributed by atoms with E-state index in [2.05, 4.69) is 30.7 Å². The Labute approximate surface area is 353 Å². The number of thiazole rings is 1. The van der Waals surface area contributed by atoms with Crippen LogP contribution in [0.4, 0.5) is 11.5 Å². The molecule has 0 spiro atoms. The number of aromatic nitrogens is 3. The molecule has 3 amide bonds. The summed E-state index contributed by atoms with van der Waals surface area (Å²) in [6.07, 6.45) is -0.559. The third-order valence-corrected chi connectivity index (χ3v) is 11.7. The smallest absolute Gasteiger partial charge is 0.308 e. The van der Waals surface area contributed by atoms with Crippen LogP contribution >= 0.6 is 11.3 Å². The maximum absolute atomic E-state index is 14.5. The summed E-state index contributed by atoms with van der Waals surface area (Å²) in [4.78, 5) is 76.7. The zero-order valence-electron chi connectivity index (χ0n) is 35.1. The number of carbonyl (C=O) groups is 5. The fraction of sp³-hybridized carbons (Fsp3) is 0.442. The third-order valence-electron chi connectivity index (χ3n) is 10.7. The molecule has 17 heteroatoms. The van der Waals surface area contributed by atoms with Crippen molar-refractivity contribution in [3.63, 3.8) is 0 Å². The summed E-state index contributed by atoms with van der Waals surface area (Å²) < 4.78 is 10.9. The number of esters is 2. The van der Waals surface area contributed by atoms with E-state index < -0.39 is 41.4 Å². The Balaban J connectivity index is 1.09. The third kappa shape index (κ3) is 10.4. The predicted octanol–water partition coefficient (Wildman–Crippen LogP) is 4.15. The Kier molecular flexibility index (Phi) is 13.5. The van der Waals surface area contributed by atoms with E-state index in [9.17, 15) is 24.0 Å². The molecule has 6 rings (SSSR count). The molecule has 2 aliphatic rings. The van der Waals surface area contributed by atoms with Gasteiger partial charge in [-0.25, -0.2) is 4.98 Å². The van der Waals surface area contributed by atoms with Crippen LogP contribution in [0.2, 0.25) is 0 Å². The first-order chi connectivity index (χ1) is 28.5. The van der Waals surface area contributed by atoms with E-state index in [-0.39, 0.29) is 43.2 Å². The van der Waals surface area contributed by atoms with Crippen LogP contribution < -0.4 is 26.0 Å². The second kappa shape index (κ2) is 18.5. The topological polar surface area (TPSA) is 202 Å². The van der Waals surface area contributed by atoms with Gasteiger partial charge in [-0.05, 0) is 48.6 Å². The maximum Gasteiger partial charge on any atom is 0.308 e. The Morgan fingerprint density at radius 2 is 1.65 bits per heavy atom. The summed E-state index contributed by atoms with van der Waals surface area (Å²) in [7, 11) is 0. The van der Waals surface area contributed by atoms with Gasteiger partial charge in [0.05, 0.1) is 46.6 Å². The van der Waals surface area contributed by atoms with Gasteiger partial charge in [0.25, 0.3) is 0 Å². The molecular formula is C43H53N9O7S. The number of benzene rings is 2. The van der Waals surface area contributed by atoms with Crippen molar-refractivity contribution in [3.8, 4) is 27.4 Å². The number of anilines is 2. The van der Waals surface area contributed by atoms with Gasteiger partial charge in [-0.2, -0.15) is 0 Å². The first kappa shape index (κ1) is 43.6. The second-order valence-electron chi connectivity index (χ2n) is 16.3. The van der Waals surface area contributed by atoms with Crippen molar-refractivity contribution in [1.29, 1.82) is 0 Å². The molecule has 4 atom stereocenters. The van der Waals surface area contributed by atoms with Crippen LogP contribution in [-0.4, -0.2) is 112 Å². The lowest BCUT2D eigenvalue weighted by Crippen LogP contribution is -2.59. The fourth-order valence-corrected chi connectivity index (χ4v) is 8.39. The number of carbonyl (C=O) groups excluding carboxylic acids is 5. The van der Waals surface area contributed by atoms with E-state index in [0.717, 1.165) is 21.7 Å². The quantitative estimate of drug-likeness (QED) is 0.136. The van der Waals surface area contributed by atoms with Crippen molar-refractivity contribution < 1.29 is 33.4 Å². The van der Waals surface area contributed by atoms with Crippen LogP contribution in [0.3, 0.4) is 0 Å². The van der Waals surface area contributed by atoms with E-state index in [1.165, 1.54) is 18.7 Å². The van der Waals surface area contributed by atoms with Crippen LogP contribution in [0.25, 0.3) is 21.7 Å². The molecule has 4 aromatic rings. The Morgan fingerprint density at radius 3 is 2.28 bits per heavy atom. The SMILES string of the molecule is CC(=O)Oc1ccccc1-c1cc(N2CCN(CC(=O)NC(C(=O)N3C[C@H](OC(C)=O)C[C@H]3C(=O)N[C@@H](C)c3ccc(-c4scnc4C)cc3)C(C)(C)C)CC2)c(N)nn1. The van der Waals surface area contributed by atoms with Gasteiger partial charge in [0.1, 0.15) is 23.9 Å². The highest BCUT2D eigenvalue weighted by atomic mass is 32.1. The normalized spacial score (nSPS) is 18.1. The van der Waals surface area contributed by atoms with Crippen molar-refractivity contribution in [1.82, 2.24) is 35.6 Å². The lowest BCUT2D eigenvalue weighted by Gasteiger charge is -2.38. The summed E-state index contributed by atoms with van der Waals surface area (Å²) in [5, 5.41) is 14.5. The zero-order valence-corrected chi connectivity index (χ0v) is 35.9. The number of nitrogen functional groups attached to an aromatic ring is 1. The largest absolute Gasteiger partial charge is 0.461 e. The molecule has 1 unspecified atom stereocenters. The highest BCUT2D eigenvalue weighted by Crippen LogP contribution is 2.34. The van der Waals surface area contributed by atoms with Crippen LogP contribution in [0.15, 0.2) is 60.1 Å². The lowest BCUT2D eigenvalue weighted by molar-refractivity contribution is -0.147. The summed E-state index contributed by atoms with van der Waals surface area (Å²) in [6.45, 7) is 14.2. The molecule has 2 aromatic carbocycles. The van der Waals surface area contributed by atoms with Gasteiger partial charge in [-0.3, -0.25) is 28.9 Å². The number of likely N-dealkylation sites (tertiary alicyclic amines) is 1. The summed E-state index contributed by atoms with van der Waals surface area (Å²) in [5.74, 6) is -1.50. The highest BCUT2D eigenvalue weighted by Gasteiger charge is 2.46. The number of nitrogens with one attached hydrogen (secondary N) is 2. The van der Waals surface area contributed by atoms with Gasteiger partial charge in [0, 0.05) is 52.0 Å². The molecule has 4 N–H and O–H groups in total. The Morgan fingerprint density at radius 1 is 0.950 bits per heavy atom. The molecule has 2 aliphatic heterocycles. The minimum atomic E-state index is -0.978. The van der Waals surface area contributed by atoms with Crippen LogP contribution in [0.5, 0.6) is 5.75 Å². The molecule has 0 bridgehead atoms. The average Bonchev–Trinajstić information content (AvgIpc) is 3.83. The molecule has 2 aromatic heterocycles. The summed E-state index contributed by atoms with van der Waals surface area (Å²) in [5.41, 5.74) is 12.0. The molecule has 16 nitrogen and oxygen atoms in total. The number of amides is 3. The molecule has 2 saturated heterocycles. The zero-order chi connectivity index (χ0) is 43.3. The fourth-order valence-electron chi connectivity index (χ4n) is 7.57. The molecule has 0 radical (unpaired) electrons. The summed E-state index contributed by atoms with van der Waals surface area (Å²) >= 11 is 1.57. The first-order valence-corrected chi connectivity index (χ1v) is 20.8. The number of aryl methyl sites for hydroxylation is 1. The molecule has 60 heavy (non-hydrogen) atoms. The van der Waals surface area contributed by atoms with Crippen LogP contribution in [0.1, 0.15) is 65.3 Å². The van der Waals surface area contributed by atoms with E-state index in [1.54, 1.807) is 29.5 Å². The number of nitrogens with two attached hydrogens (primary N) is 1. The number of nitrogens with zero attached hydrogens (tertiary/aromatic N) is 6. The van der Waals surface area contributed by atoms with Gasteiger partial charge in [0.15, 0.2) is 5.82 Å². The molecule has 0 saturated carbocycles. The van der Waals surface area contributed by atoms with Gasteiger partial charge < -0.3 is 35.6 Å². The van der Waals surface area contributed by atoms with E-state index in [1.807, 2.05) is 81.4 Å². The second-order valence-corrected chi connectivity index (χ2v) is 17.2. The first-order valence-electron chi connectivity index (χ1n) is 19.9. The van der Waals surface area contributed by atoms with Crippen molar-refractivity contribution in [3.05, 3.63) is 71.4 Å². The molecule has 4 heterocycles. The van der Waals surface area contributed by atoms with Gasteiger partial charge in [-0.15, -0.1) is 21.5 Å². The molecule has 0 aliphatic carbocycles. The highest BCUT2D eigenvalue weighted by molar-refractivity contribution is 7.13. The molecule has 318 valence electrons. The number of para-hydroxylation sites is 1. The number of hydrogen-bond acceptors (Lipinski definition) is 14. The number of rotatable bonds is 12. The lowest BCUT2D eigenvalue weighted by atomic mass is 9.85. The van der Waals surface area contributed by atoms with E-state index >= 15 is 0 Å². The van der Waals surface area contributed by atoms with E-state index in [4.69, 9.17) is 15.2 Å². The van der Waals surface area contributed by atoms with Crippen LogP contribution in [0, 0.1) is 12.3 Å². The van der Waals surface area contributed by atoms with Crippen LogP contribution in [-0.2, 0) is 28.7 Å². The Hall–Kier alpha value is -5.94. The number of piperazine rings is 1. The van der Waals surface area contributed by atoms with Crippen molar-refractivity contribution in [2.75, 3.05) is 49.9 Å². The van der Waals surface area contributed by atoms with Crippen molar-refractivity contribution in [2.45, 2.75) is 79.1 Å². The predicted molar refractivity (Wildman–Crippen MR) is 228 cm³/mol. The van der Waals surface area contributed by atoms with Gasteiger partial charge in [0.2, 0.25) is 17.7 Å². The Bertz CT molecular complexity index is 2220. The summed E-state index contributed by atoms with van der Waals surface area (Å²) in [6, 6.07) is 14.5. The van der Waals surface area contributed by atoms with Crippen molar-refractivity contribution in [2.24, 2.45) is 5.41 Å². The van der Waals surface area contributed by atoms with Crippen molar-refractivity contribution >= 4 is 52.5 Å². The minimum Gasteiger partial charge on any atom is -0.461 e. The van der Waals surface area contributed by atoms with E-state index in [0.29, 0.717) is 48.9 Å². The number of hydrogen-bond donors (Lipinski definition) is 3. The molecular weight excluding hydrogens is 787 g/mol. The monoisotopic (exact) mass is 839 g/mol. The number of ether oxygens (including phenoxy) is 2. The average molecular weight is 840 g/mol. The maximum atomic E-state index is 14.5.